The van der Waals surface area contributed by atoms with Crippen molar-refractivity contribution in [3.63, 3.8) is 0 Å². The molecule has 7 heteroatoms. The number of benzene rings is 1. The summed E-state index contributed by atoms with van der Waals surface area (Å²) in [5, 5.41) is 5.62. The zero-order chi connectivity index (χ0) is 19.1. The van der Waals surface area contributed by atoms with Crippen molar-refractivity contribution in [2.24, 2.45) is 0 Å². The predicted molar refractivity (Wildman–Crippen MR) is 101 cm³/mol. The van der Waals surface area contributed by atoms with Crippen LogP contribution in [-0.2, 0) is 13.1 Å². The third kappa shape index (κ3) is 4.78. The molecule has 2 amide bonds. The van der Waals surface area contributed by atoms with Gasteiger partial charge in [-0.2, -0.15) is 0 Å². The van der Waals surface area contributed by atoms with Crippen LogP contribution in [0, 0.1) is 0 Å². The number of nitrogens with one attached hydrogen (secondary N) is 2. The monoisotopic (exact) mass is 367 g/mol. The van der Waals surface area contributed by atoms with E-state index in [0.29, 0.717) is 30.3 Å². The number of nitrogens with zero attached hydrogens (tertiary/aromatic N) is 1. The molecule has 2 N–H and O–H groups in total. The normalized spacial score (nSPS) is 10.3. The highest BCUT2D eigenvalue weighted by Crippen LogP contribution is 2.27. The van der Waals surface area contributed by atoms with Crippen LogP contribution in [0.5, 0.6) is 11.5 Å². The van der Waals surface area contributed by atoms with Gasteiger partial charge < -0.3 is 24.5 Å². The molecule has 27 heavy (non-hydrogen) atoms. The van der Waals surface area contributed by atoms with Crippen molar-refractivity contribution in [2.75, 3.05) is 14.2 Å². The molecule has 0 aliphatic heterocycles. The average molecular weight is 367 g/mol. The Morgan fingerprint density at radius 1 is 1.00 bits per heavy atom. The number of carbonyl (C=O) groups excluding carboxylic acids is 1. The maximum atomic E-state index is 12.0. The van der Waals surface area contributed by atoms with E-state index in [4.69, 9.17) is 13.9 Å². The molecule has 0 fully saturated rings. The van der Waals surface area contributed by atoms with Crippen LogP contribution in [0.15, 0.2) is 59.3 Å². The number of furan rings is 1. The van der Waals surface area contributed by atoms with Crippen molar-refractivity contribution in [3.8, 4) is 23.0 Å². The smallest absolute Gasteiger partial charge is 0.315 e. The van der Waals surface area contributed by atoms with E-state index in [1.54, 1.807) is 32.7 Å². The molecule has 3 rings (SSSR count). The summed E-state index contributed by atoms with van der Waals surface area (Å²) in [7, 11) is 3.16. The molecule has 0 aliphatic rings. The molecule has 0 bridgehead atoms. The van der Waals surface area contributed by atoms with Gasteiger partial charge in [0.05, 0.1) is 20.5 Å². The summed E-state index contributed by atoms with van der Waals surface area (Å²) in [5.41, 5.74) is 2.56. The van der Waals surface area contributed by atoms with Crippen molar-refractivity contribution in [2.45, 2.75) is 13.1 Å². The number of rotatable bonds is 7. The van der Waals surface area contributed by atoms with Crippen molar-refractivity contribution in [1.82, 2.24) is 15.6 Å². The van der Waals surface area contributed by atoms with Gasteiger partial charge in [-0.25, -0.2) is 4.79 Å². The van der Waals surface area contributed by atoms with Crippen molar-refractivity contribution in [3.05, 3.63) is 66.1 Å². The van der Waals surface area contributed by atoms with E-state index in [1.165, 1.54) is 0 Å². The summed E-state index contributed by atoms with van der Waals surface area (Å²) in [6.07, 6.45) is 3.32. The Kier molecular flexibility index (Phi) is 5.94. The summed E-state index contributed by atoms with van der Waals surface area (Å²) in [6.45, 7) is 0.755. The Hall–Kier alpha value is -3.48. The molecule has 0 saturated heterocycles. The molecule has 0 unspecified atom stereocenters. The zero-order valence-corrected chi connectivity index (χ0v) is 15.2. The number of amides is 2. The minimum absolute atomic E-state index is 0.264. The van der Waals surface area contributed by atoms with Gasteiger partial charge in [0.2, 0.25) is 0 Å². The number of hydrogen-bond acceptors (Lipinski definition) is 5. The summed E-state index contributed by atoms with van der Waals surface area (Å²) >= 11 is 0. The number of pyridine rings is 1. The van der Waals surface area contributed by atoms with E-state index in [-0.39, 0.29) is 6.03 Å². The van der Waals surface area contributed by atoms with Gasteiger partial charge in [0.1, 0.15) is 5.69 Å². The SMILES string of the molecule is COc1ccc(CNC(=O)NCc2ccc(-c3ccco3)nc2)cc1OC. The van der Waals surface area contributed by atoms with E-state index >= 15 is 0 Å². The lowest BCUT2D eigenvalue weighted by Gasteiger charge is -2.11. The molecule has 2 aromatic heterocycles. The first-order valence-corrected chi connectivity index (χ1v) is 8.41. The van der Waals surface area contributed by atoms with Crippen LogP contribution >= 0.6 is 0 Å². The molecule has 0 aliphatic carbocycles. The zero-order valence-electron chi connectivity index (χ0n) is 15.2. The Balaban J connectivity index is 1.48. The highest BCUT2D eigenvalue weighted by Gasteiger charge is 2.07. The quantitative estimate of drug-likeness (QED) is 0.669. The summed E-state index contributed by atoms with van der Waals surface area (Å²) < 4.78 is 15.8. The fraction of sp³-hybridized carbons (Fsp3) is 0.200. The van der Waals surface area contributed by atoms with Crippen molar-refractivity contribution in [1.29, 1.82) is 0 Å². The van der Waals surface area contributed by atoms with E-state index in [2.05, 4.69) is 15.6 Å². The lowest BCUT2D eigenvalue weighted by molar-refractivity contribution is 0.240. The molecule has 1 aromatic carbocycles. The standard InChI is InChI=1S/C20H21N3O4/c1-25-18-8-6-14(10-19(18)26-2)11-22-20(24)23-13-15-5-7-16(21-12-15)17-4-3-9-27-17/h3-10,12H,11,13H2,1-2H3,(H2,22,23,24). The van der Waals surface area contributed by atoms with Crippen LogP contribution in [0.1, 0.15) is 11.1 Å². The fourth-order valence-corrected chi connectivity index (χ4v) is 2.52. The molecule has 140 valence electrons. The van der Waals surface area contributed by atoms with Gasteiger partial charge in [-0.05, 0) is 41.5 Å². The van der Waals surface area contributed by atoms with Gasteiger partial charge in [0.25, 0.3) is 0 Å². The second-order valence-corrected chi connectivity index (χ2v) is 5.75. The number of urea groups is 1. The van der Waals surface area contributed by atoms with Crippen LogP contribution in [-0.4, -0.2) is 25.2 Å². The molecule has 0 radical (unpaired) electrons. The Bertz CT molecular complexity index is 877. The Morgan fingerprint density at radius 2 is 1.74 bits per heavy atom. The minimum Gasteiger partial charge on any atom is -0.493 e. The van der Waals surface area contributed by atoms with Gasteiger partial charge in [-0.3, -0.25) is 4.98 Å². The van der Waals surface area contributed by atoms with Crippen LogP contribution in [0.25, 0.3) is 11.5 Å². The summed E-state index contributed by atoms with van der Waals surface area (Å²) in [6, 6.07) is 12.7. The first kappa shape index (κ1) is 18.3. The van der Waals surface area contributed by atoms with E-state index in [0.717, 1.165) is 16.8 Å². The van der Waals surface area contributed by atoms with Crippen LogP contribution in [0.4, 0.5) is 4.79 Å². The second kappa shape index (κ2) is 8.75. The molecule has 2 heterocycles. The number of carbonyl (C=O) groups is 1. The number of aromatic nitrogens is 1. The highest BCUT2D eigenvalue weighted by atomic mass is 16.5. The van der Waals surface area contributed by atoms with Crippen LogP contribution in [0.3, 0.4) is 0 Å². The van der Waals surface area contributed by atoms with Gasteiger partial charge in [0.15, 0.2) is 17.3 Å². The van der Waals surface area contributed by atoms with E-state index in [1.807, 2.05) is 36.4 Å². The third-order valence-corrected chi connectivity index (χ3v) is 3.95. The van der Waals surface area contributed by atoms with Crippen LogP contribution in [0.2, 0.25) is 0 Å². The molecule has 0 atom stereocenters. The average Bonchev–Trinajstić information content (AvgIpc) is 3.25. The molecule has 0 saturated carbocycles. The minimum atomic E-state index is -0.264. The Labute approximate surface area is 157 Å². The lowest BCUT2D eigenvalue weighted by Crippen LogP contribution is -2.34. The largest absolute Gasteiger partial charge is 0.493 e. The lowest BCUT2D eigenvalue weighted by atomic mass is 10.2. The van der Waals surface area contributed by atoms with Gasteiger partial charge in [0, 0.05) is 19.3 Å². The van der Waals surface area contributed by atoms with Crippen molar-refractivity contribution >= 4 is 6.03 Å². The number of ether oxygens (including phenoxy) is 2. The number of hydrogen-bond donors (Lipinski definition) is 2. The van der Waals surface area contributed by atoms with Gasteiger partial charge >= 0.3 is 6.03 Å². The van der Waals surface area contributed by atoms with Gasteiger partial charge in [-0.1, -0.05) is 12.1 Å². The molecule has 7 nitrogen and oxygen atoms in total. The van der Waals surface area contributed by atoms with E-state index in [9.17, 15) is 4.79 Å². The topological polar surface area (TPSA) is 85.6 Å². The van der Waals surface area contributed by atoms with Crippen molar-refractivity contribution < 1.29 is 18.7 Å². The first-order valence-electron chi connectivity index (χ1n) is 8.41. The van der Waals surface area contributed by atoms with Crippen LogP contribution < -0.4 is 20.1 Å². The maximum Gasteiger partial charge on any atom is 0.315 e. The summed E-state index contributed by atoms with van der Waals surface area (Å²) in [4.78, 5) is 16.3. The Morgan fingerprint density at radius 3 is 2.37 bits per heavy atom. The van der Waals surface area contributed by atoms with E-state index < -0.39 is 0 Å². The fourth-order valence-electron chi connectivity index (χ4n) is 2.52. The molecule has 3 aromatic rings. The third-order valence-electron chi connectivity index (χ3n) is 3.95. The second-order valence-electron chi connectivity index (χ2n) is 5.75. The first-order chi connectivity index (χ1) is 13.2. The molecular formula is C20H21N3O4. The molecule has 0 spiro atoms. The highest BCUT2D eigenvalue weighted by molar-refractivity contribution is 5.73. The van der Waals surface area contributed by atoms with Gasteiger partial charge in [-0.15, -0.1) is 0 Å². The number of methoxy groups -OCH3 is 2. The molecular weight excluding hydrogens is 346 g/mol. The maximum absolute atomic E-state index is 12.0. The predicted octanol–water partition coefficient (Wildman–Crippen LogP) is 3.36. The summed E-state index contributed by atoms with van der Waals surface area (Å²) in [5.74, 6) is 1.98.